The SMILES string of the molecule is COc1cc(/C=N/NC(=O)c2ccc(NS(=O)(=O)c3ccccc3)cc2)ccc1OC(=O)c1ccc(Cl)cc1. The van der Waals surface area contributed by atoms with Crippen LogP contribution in [0.25, 0.3) is 0 Å². The number of hydrogen-bond acceptors (Lipinski definition) is 7. The lowest BCUT2D eigenvalue weighted by atomic mass is 10.2. The molecule has 0 saturated carbocycles. The Hall–Kier alpha value is -4.67. The van der Waals surface area contributed by atoms with E-state index in [4.69, 9.17) is 21.1 Å². The van der Waals surface area contributed by atoms with Gasteiger partial charge in [0.15, 0.2) is 11.5 Å². The summed E-state index contributed by atoms with van der Waals surface area (Å²) in [7, 11) is -2.31. The van der Waals surface area contributed by atoms with E-state index in [9.17, 15) is 18.0 Å². The Morgan fingerprint density at radius 1 is 0.846 bits per heavy atom. The molecule has 11 heteroatoms. The molecule has 0 unspecified atom stereocenters. The van der Waals surface area contributed by atoms with Crippen molar-refractivity contribution in [3.63, 3.8) is 0 Å². The zero-order chi connectivity index (χ0) is 27.8. The van der Waals surface area contributed by atoms with Gasteiger partial charge in [-0.25, -0.2) is 18.6 Å². The Bertz CT molecular complexity index is 1610. The number of methoxy groups -OCH3 is 1. The summed E-state index contributed by atoms with van der Waals surface area (Å²) < 4.78 is 38.1. The summed E-state index contributed by atoms with van der Waals surface area (Å²) in [4.78, 5) is 25.0. The van der Waals surface area contributed by atoms with Gasteiger partial charge < -0.3 is 9.47 Å². The van der Waals surface area contributed by atoms with Gasteiger partial charge in [0.2, 0.25) is 0 Å². The number of anilines is 1. The van der Waals surface area contributed by atoms with Crippen molar-refractivity contribution in [2.45, 2.75) is 4.90 Å². The molecule has 1 amide bonds. The molecule has 4 aromatic rings. The van der Waals surface area contributed by atoms with Crippen molar-refractivity contribution in [1.29, 1.82) is 0 Å². The normalized spacial score (nSPS) is 11.1. The highest BCUT2D eigenvalue weighted by atomic mass is 35.5. The Kier molecular flexibility index (Phi) is 8.60. The summed E-state index contributed by atoms with van der Waals surface area (Å²) in [5, 5.41) is 4.45. The minimum atomic E-state index is -3.74. The minimum Gasteiger partial charge on any atom is -0.493 e. The zero-order valence-electron chi connectivity index (χ0n) is 20.5. The molecule has 0 heterocycles. The number of rotatable bonds is 9. The van der Waals surface area contributed by atoms with E-state index in [0.29, 0.717) is 27.6 Å². The molecule has 198 valence electrons. The number of nitrogens with zero attached hydrogens (tertiary/aromatic N) is 1. The molecule has 4 rings (SSSR count). The molecular formula is C28H22ClN3O6S. The van der Waals surface area contributed by atoms with Crippen molar-refractivity contribution in [2.75, 3.05) is 11.8 Å². The predicted octanol–water partition coefficient (Wildman–Crippen LogP) is 5.13. The zero-order valence-corrected chi connectivity index (χ0v) is 22.1. The maximum atomic E-state index is 12.5. The number of nitrogens with one attached hydrogen (secondary N) is 2. The Labute approximate surface area is 230 Å². The maximum absolute atomic E-state index is 12.5. The predicted molar refractivity (Wildman–Crippen MR) is 148 cm³/mol. The average Bonchev–Trinajstić information content (AvgIpc) is 2.94. The topological polar surface area (TPSA) is 123 Å². The largest absolute Gasteiger partial charge is 0.493 e. The van der Waals surface area contributed by atoms with Crippen molar-refractivity contribution in [3.8, 4) is 11.5 Å². The van der Waals surface area contributed by atoms with E-state index in [1.54, 1.807) is 60.7 Å². The molecule has 4 aromatic carbocycles. The quantitative estimate of drug-likeness (QED) is 0.126. The van der Waals surface area contributed by atoms with Crippen LogP contribution in [0.2, 0.25) is 5.02 Å². The molecule has 2 N–H and O–H groups in total. The van der Waals surface area contributed by atoms with Gasteiger partial charge in [0, 0.05) is 16.3 Å². The highest BCUT2D eigenvalue weighted by Crippen LogP contribution is 2.28. The number of halogens is 1. The highest BCUT2D eigenvalue weighted by Gasteiger charge is 2.15. The number of benzene rings is 4. The van der Waals surface area contributed by atoms with Crippen molar-refractivity contribution < 1.29 is 27.5 Å². The number of esters is 1. The summed E-state index contributed by atoms with van der Waals surface area (Å²) >= 11 is 5.85. The third kappa shape index (κ3) is 7.22. The van der Waals surface area contributed by atoms with Gasteiger partial charge in [-0.2, -0.15) is 5.10 Å². The third-order valence-electron chi connectivity index (χ3n) is 5.30. The molecule has 0 bridgehead atoms. The Balaban J connectivity index is 1.36. The molecule has 9 nitrogen and oxygen atoms in total. The van der Waals surface area contributed by atoms with E-state index >= 15 is 0 Å². The van der Waals surface area contributed by atoms with Crippen molar-refractivity contribution in [2.24, 2.45) is 5.10 Å². The monoisotopic (exact) mass is 563 g/mol. The van der Waals surface area contributed by atoms with E-state index in [1.165, 1.54) is 49.7 Å². The molecule has 0 aliphatic heterocycles. The van der Waals surface area contributed by atoms with Crippen molar-refractivity contribution in [3.05, 3.63) is 119 Å². The minimum absolute atomic E-state index is 0.130. The van der Waals surface area contributed by atoms with Gasteiger partial charge in [-0.1, -0.05) is 29.8 Å². The number of hydrazone groups is 1. The molecule has 0 fully saturated rings. The fourth-order valence-corrected chi connectivity index (χ4v) is 4.53. The molecular weight excluding hydrogens is 542 g/mol. The lowest BCUT2D eigenvalue weighted by Gasteiger charge is -2.10. The number of ether oxygens (including phenoxy) is 2. The molecule has 0 saturated heterocycles. The number of carbonyl (C=O) groups excluding carboxylic acids is 2. The Morgan fingerprint density at radius 3 is 2.18 bits per heavy atom. The first kappa shape index (κ1) is 27.4. The first-order valence-electron chi connectivity index (χ1n) is 11.4. The average molecular weight is 564 g/mol. The lowest BCUT2D eigenvalue weighted by molar-refractivity contribution is 0.0729. The van der Waals surface area contributed by atoms with Gasteiger partial charge in [-0.15, -0.1) is 0 Å². The van der Waals surface area contributed by atoms with Gasteiger partial charge in [0.1, 0.15) is 0 Å². The fraction of sp³-hybridized carbons (Fsp3) is 0.0357. The molecule has 39 heavy (non-hydrogen) atoms. The first-order chi connectivity index (χ1) is 18.7. The van der Waals surface area contributed by atoms with E-state index < -0.39 is 21.9 Å². The lowest BCUT2D eigenvalue weighted by Crippen LogP contribution is -2.18. The molecule has 0 atom stereocenters. The van der Waals surface area contributed by atoms with Crippen molar-refractivity contribution in [1.82, 2.24) is 5.43 Å². The van der Waals surface area contributed by atoms with Gasteiger partial charge >= 0.3 is 5.97 Å². The number of sulfonamides is 1. The summed E-state index contributed by atoms with van der Waals surface area (Å²) in [6, 6.07) is 24.9. The third-order valence-corrected chi connectivity index (χ3v) is 6.95. The van der Waals surface area contributed by atoms with E-state index in [2.05, 4.69) is 15.2 Å². The van der Waals surface area contributed by atoms with E-state index in [-0.39, 0.29) is 16.2 Å². The van der Waals surface area contributed by atoms with Crippen LogP contribution in [0.4, 0.5) is 5.69 Å². The van der Waals surface area contributed by atoms with Gasteiger partial charge in [-0.05, 0) is 84.4 Å². The van der Waals surface area contributed by atoms with Gasteiger partial charge in [0.05, 0.1) is 23.8 Å². The van der Waals surface area contributed by atoms with Crippen LogP contribution in [0.3, 0.4) is 0 Å². The van der Waals surface area contributed by atoms with Gasteiger partial charge in [0.25, 0.3) is 15.9 Å². The first-order valence-corrected chi connectivity index (χ1v) is 13.3. The second-order valence-corrected chi connectivity index (χ2v) is 10.1. The summed E-state index contributed by atoms with van der Waals surface area (Å²) in [6.45, 7) is 0. The number of hydrogen-bond donors (Lipinski definition) is 2. The van der Waals surface area contributed by atoms with Crippen LogP contribution < -0.4 is 19.6 Å². The maximum Gasteiger partial charge on any atom is 0.343 e. The van der Waals surface area contributed by atoms with Crippen LogP contribution in [0, 0.1) is 0 Å². The van der Waals surface area contributed by atoms with Crippen LogP contribution in [-0.2, 0) is 10.0 Å². The van der Waals surface area contributed by atoms with Crippen LogP contribution in [0.1, 0.15) is 26.3 Å². The molecule has 0 radical (unpaired) electrons. The van der Waals surface area contributed by atoms with Crippen molar-refractivity contribution >= 4 is 45.4 Å². The van der Waals surface area contributed by atoms with Crippen LogP contribution >= 0.6 is 11.6 Å². The standard InChI is InChI=1S/C28H22ClN3O6S/c1-37-26-17-19(7-16-25(26)38-28(34)21-8-12-22(29)13-9-21)18-30-31-27(33)20-10-14-23(15-11-20)32-39(35,36)24-5-3-2-4-6-24/h2-18,32H,1H3,(H,31,33)/b30-18+. The summed E-state index contributed by atoms with van der Waals surface area (Å²) in [5.74, 6) is -0.565. The summed E-state index contributed by atoms with van der Waals surface area (Å²) in [5.41, 5.74) is 3.89. The smallest absolute Gasteiger partial charge is 0.343 e. The van der Waals surface area contributed by atoms with E-state index in [0.717, 1.165) is 0 Å². The van der Waals surface area contributed by atoms with Gasteiger partial charge in [-0.3, -0.25) is 9.52 Å². The number of amides is 1. The highest BCUT2D eigenvalue weighted by molar-refractivity contribution is 7.92. The summed E-state index contributed by atoms with van der Waals surface area (Å²) in [6.07, 6.45) is 1.40. The molecule has 0 spiro atoms. The van der Waals surface area contributed by atoms with E-state index in [1.807, 2.05) is 0 Å². The van der Waals surface area contributed by atoms with Crippen LogP contribution in [0.5, 0.6) is 11.5 Å². The Morgan fingerprint density at radius 2 is 1.51 bits per heavy atom. The fourth-order valence-electron chi connectivity index (χ4n) is 3.33. The second kappa shape index (κ2) is 12.2. The van der Waals surface area contributed by atoms with Crippen LogP contribution in [-0.4, -0.2) is 33.6 Å². The number of carbonyl (C=O) groups is 2. The second-order valence-electron chi connectivity index (χ2n) is 8.00. The molecule has 0 aliphatic carbocycles. The molecule has 0 aliphatic rings. The molecule has 0 aromatic heterocycles. The van der Waals surface area contributed by atoms with Crippen LogP contribution in [0.15, 0.2) is 107 Å².